The maximum absolute atomic E-state index is 3.47. The molecule has 0 radical (unpaired) electrons. The zero-order valence-corrected chi connectivity index (χ0v) is 11.8. The fraction of sp³-hybridized carbons (Fsp3) is 1.00. The van der Waals surface area contributed by atoms with Crippen LogP contribution < -0.4 is 5.32 Å². The van der Waals surface area contributed by atoms with E-state index in [-0.39, 0.29) is 0 Å². The van der Waals surface area contributed by atoms with Crippen LogP contribution >= 0.6 is 0 Å². The lowest BCUT2D eigenvalue weighted by molar-refractivity contribution is 0.0962. The van der Waals surface area contributed by atoms with Gasteiger partial charge in [0.15, 0.2) is 0 Å². The van der Waals surface area contributed by atoms with Crippen LogP contribution in [-0.4, -0.2) is 37.6 Å². The van der Waals surface area contributed by atoms with Crippen LogP contribution in [0.15, 0.2) is 0 Å². The summed E-state index contributed by atoms with van der Waals surface area (Å²) in [5.74, 6) is 1.77. The molecular weight excluding hydrogens is 196 g/mol. The van der Waals surface area contributed by atoms with Crippen molar-refractivity contribution in [3.63, 3.8) is 0 Å². The van der Waals surface area contributed by atoms with Crippen LogP contribution in [-0.2, 0) is 0 Å². The molecule has 0 aromatic rings. The molecule has 1 N–H and O–H groups in total. The number of rotatable bonds is 5. The summed E-state index contributed by atoms with van der Waals surface area (Å²) in [6.07, 6.45) is 1.37. The summed E-state index contributed by atoms with van der Waals surface area (Å²) >= 11 is 0. The minimum Gasteiger partial charge on any atom is -0.316 e. The highest BCUT2D eigenvalue weighted by Crippen LogP contribution is 2.25. The topological polar surface area (TPSA) is 15.3 Å². The first-order chi connectivity index (χ1) is 7.44. The van der Waals surface area contributed by atoms with Gasteiger partial charge in [0.1, 0.15) is 0 Å². The predicted molar refractivity (Wildman–Crippen MR) is 71.7 cm³/mol. The maximum Gasteiger partial charge on any atom is 0.00449 e. The number of piperidine rings is 1. The fourth-order valence-corrected chi connectivity index (χ4v) is 2.62. The fourth-order valence-electron chi connectivity index (χ4n) is 2.62. The normalized spacial score (nSPS) is 28.3. The second-order valence-electron chi connectivity index (χ2n) is 6.42. The molecule has 0 aliphatic carbocycles. The van der Waals surface area contributed by atoms with E-state index in [1.165, 1.54) is 26.1 Å². The van der Waals surface area contributed by atoms with Gasteiger partial charge in [0.25, 0.3) is 0 Å². The molecular formula is C14H30N2. The van der Waals surface area contributed by atoms with Gasteiger partial charge in [-0.2, -0.15) is 0 Å². The minimum atomic E-state index is 0.399. The van der Waals surface area contributed by atoms with Crippen LogP contribution in [0.4, 0.5) is 0 Å². The molecule has 1 aliphatic heterocycles. The average Bonchev–Trinajstić information content (AvgIpc) is 2.20. The molecule has 2 nitrogen and oxygen atoms in total. The Kier molecular flexibility index (Phi) is 5.26. The monoisotopic (exact) mass is 226 g/mol. The number of nitrogens with zero attached hydrogens (tertiary/aromatic N) is 1. The molecule has 16 heavy (non-hydrogen) atoms. The molecule has 0 amide bonds. The van der Waals surface area contributed by atoms with Crippen molar-refractivity contribution < 1.29 is 0 Å². The highest BCUT2D eigenvalue weighted by molar-refractivity contribution is 4.81. The molecule has 0 saturated carbocycles. The van der Waals surface area contributed by atoms with E-state index in [2.05, 4.69) is 44.8 Å². The third kappa shape index (κ3) is 4.42. The van der Waals surface area contributed by atoms with Crippen molar-refractivity contribution in [3.05, 3.63) is 0 Å². The van der Waals surface area contributed by atoms with Gasteiger partial charge in [-0.1, -0.05) is 34.6 Å². The lowest BCUT2D eigenvalue weighted by Crippen LogP contribution is -2.45. The lowest BCUT2D eigenvalue weighted by Gasteiger charge is -2.39. The van der Waals surface area contributed by atoms with Gasteiger partial charge >= 0.3 is 0 Å². The Hall–Kier alpha value is -0.0800. The van der Waals surface area contributed by atoms with Crippen molar-refractivity contribution in [2.24, 2.45) is 17.3 Å². The van der Waals surface area contributed by atoms with Gasteiger partial charge < -0.3 is 10.2 Å². The molecule has 1 fully saturated rings. The molecule has 2 atom stereocenters. The van der Waals surface area contributed by atoms with Crippen molar-refractivity contribution in [2.45, 2.75) is 41.0 Å². The van der Waals surface area contributed by atoms with E-state index < -0.39 is 0 Å². The van der Waals surface area contributed by atoms with E-state index in [4.69, 9.17) is 0 Å². The highest BCUT2D eigenvalue weighted by atomic mass is 15.1. The minimum absolute atomic E-state index is 0.399. The van der Waals surface area contributed by atoms with Gasteiger partial charge in [-0.15, -0.1) is 0 Å². The van der Waals surface area contributed by atoms with Crippen LogP contribution in [0.5, 0.6) is 0 Å². The average molecular weight is 226 g/mol. The summed E-state index contributed by atoms with van der Waals surface area (Å²) in [4.78, 5) is 2.65. The van der Waals surface area contributed by atoms with E-state index in [9.17, 15) is 0 Å². The standard InChI is InChI=1S/C14H30N2/c1-6-15-10-14(4,5)11-16-8-7-12(2)13(3)9-16/h12-13,15H,6-11H2,1-5H3. The molecule has 1 rings (SSSR count). The Morgan fingerprint density at radius 3 is 2.50 bits per heavy atom. The second kappa shape index (κ2) is 6.02. The van der Waals surface area contributed by atoms with Gasteiger partial charge in [0, 0.05) is 19.6 Å². The summed E-state index contributed by atoms with van der Waals surface area (Å²) in [5, 5.41) is 3.47. The lowest BCUT2D eigenvalue weighted by atomic mass is 9.86. The smallest absolute Gasteiger partial charge is 0.00449 e. The van der Waals surface area contributed by atoms with Crippen LogP contribution in [0.2, 0.25) is 0 Å². The van der Waals surface area contributed by atoms with Crippen LogP contribution in [0.3, 0.4) is 0 Å². The molecule has 0 bridgehead atoms. The number of nitrogens with one attached hydrogen (secondary N) is 1. The van der Waals surface area contributed by atoms with E-state index >= 15 is 0 Å². The molecule has 2 unspecified atom stereocenters. The van der Waals surface area contributed by atoms with Crippen molar-refractivity contribution in [2.75, 3.05) is 32.7 Å². The summed E-state index contributed by atoms with van der Waals surface area (Å²) < 4.78 is 0. The first-order valence-electron chi connectivity index (χ1n) is 6.87. The highest BCUT2D eigenvalue weighted by Gasteiger charge is 2.27. The SMILES string of the molecule is CCNCC(C)(C)CN1CCC(C)C(C)C1. The van der Waals surface area contributed by atoms with Crippen molar-refractivity contribution >= 4 is 0 Å². The van der Waals surface area contributed by atoms with E-state index in [1.807, 2.05) is 0 Å². The third-order valence-electron chi connectivity index (χ3n) is 3.92. The van der Waals surface area contributed by atoms with Gasteiger partial charge in [0.05, 0.1) is 0 Å². The van der Waals surface area contributed by atoms with Crippen molar-refractivity contribution in [1.29, 1.82) is 0 Å². The van der Waals surface area contributed by atoms with E-state index in [1.54, 1.807) is 0 Å². The summed E-state index contributed by atoms with van der Waals surface area (Å²) in [5.41, 5.74) is 0.399. The second-order valence-corrected chi connectivity index (χ2v) is 6.42. The third-order valence-corrected chi connectivity index (χ3v) is 3.92. The molecule has 96 valence electrons. The van der Waals surface area contributed by atoms with Crippen molar-refractivity contribution in [3.8, 4) is 0 Å². The molecule has 2 heteroatoms. The Labute approximate surface area is 102 Å². The first-order valence-corrected chi connectivity index (χ1v) is 6.87. The number of hydrogen-bond acceptors (Lipinski definition) is 2. The summed E-state index contributed by atoms with van der Waals surface area (Å²) in [6.45, 7) is 17.7. The number of hydrogen-bond donors (Lipinski definition) is 1. The van der Waals surface area contributed by atoms with Gasteiger partial charge in [-0.25, -0.2) is 0 Å². The van der Waals surface area contributed by atoms with E-state index in [0.717, 1.165) is 24.9 Å². The first kappa shape index (κ1) is 14.0. The van der Waals surface area contributed by atoms with Crippen LogP contribution in [0.25, 0.3) is 0 Å². The molecule has 1 heterocycles. The van der Waals surface area contributed by atoms with Crippen molar-refractivity contribution in [1.82, 2.24) is 10.2 Å². The van der Waals surface area contributed by atoms with Gasteiger partial charge in [-0.05, 0) is 36.8 Å². The molecule has 1 saturated heterocycles. The largest absolute Gasteiger partial charge is 0.316 e. The molecule has 0 aromatic heterocycles. The Balaban J connectivity index is 2.36. The van der Waals surface area contributed by atoms with Crippen LogP contribution in [0, 0.1) is 17.3 Å². The Morgan fingerprint density at radius 1 is 1.25 bits per heavy atom. The molecule has 1 aliphatic rings. The summed E-state index contributed by atoms with van der Waals surface area (Å²) in [7, 11) is 0. The zero-order chi connectivity index (χ0) is 12.2. The quantitative estimate of drug-likeness (QED) is 0.775. The van der Waals surface area contributed by atoms with Crippen LogP contribution in [0.1, 0.15) is 41.0 Å². The zero-order valence-electron chi connectivity index (χ0n) is 11.8. The molecule has 0 spiro atoms. The Bertz CT molecular complexity index is 201. The van der Waals surface area contributed by atoms with Gasteiger partial charge in [-0.3, -0.25) is 0 Å². The number of likely N-dealkylation sites (tertiary alicyclic amines) is 1. The van der Waals surface area contributed by atoms with E-state index in [0.29, 0.717) is 5.41 Å². The Morgan fingerprint density at radius 2 is 1.94 bits per heavy atom. The molecule has 0 aromatic carbocycles. The summed E-state index contributed by atoms with van der Waals surface area (Å²) in [6, 6.07) is 0. The maximum atomic E-state index is 3.47. The van der Waals surface area contributed by atoms with Gasteiger partial charge in [0.2, 0.25) is 0 Å². The predicted octanol–water partition coefficient (Wildman–Crippen LogP) is 2.60.